The highest BCUT2D eigenvalue weighted by Crippen LogP contribution is 2.39. The van der Waals surface area contributed by atoms with Crippen molar-refractivity contribution < 1.29 is 19.1 Å². The van der Waals surface area contributed by atoms with E-state index in [1.54, 1.807) is 24.3 Å². The van der Waals surface area contributed by atoms with Gasteiger partial charge < -0.3 is 9.47 Å². The standard InChI is InChI=1S/C35H30Cl2N2O4S/c1-20-10-21(2)13-27(12-20)38-33(40)29(34(41)39(35(38)44)28-14-22(3)11-23(4)15-28)16-25-17-30(37)32(31(18-25)42-5)43-19-24-6-8-26(36)9-7-24/h6-18H,19H2,1-5H3. The molecule has 0 bridgehead atoms. The number of carbonyl (C=O) groups is 2. The van der Waals surface area contributed by atoms with E-state index in [2.05, 4.69) is 0 Å². The lowest BCUT2D eigenvalue weighted by atomic mass is 10.0. The zero-order chi connectivity index (χ0) is 31.7. The van der Waals surface area contributed by atoms with Crippen molar-refractivity contribution in [1.82, 2.24) is 0 Å². The maximum absolute atomic E-state index is 14.1. The number of thiocarbonyl (C=S) groups is 1. The summed E-state index contributed by atoms with van der Waals surface area (Å²) in [7, 11) is 1.50. The second-order valence-corrected chi connectivity index (χ2v) is 12.0. The molecule has 0 radical (unpaired) electrons. The minimum Gasteiger partial charge on any atom is -0.493 e. The summed E-state index contributed by atoms with van der Waals surface area (Å²) in [6.07, 6.45) is 1.51. The van der Waals surface area contributed by atoms with E-state index in [4.69, 9.17) is 44.9 Å². The second-order valence-electron chi connectivity index (χ2n) is 10.8. The van der Waals surface area contributed by atoms with Crippen molar-refractivity contribution in [3.8, 4) is 11.5 Å². The highest BCUT2D eigenvalue weighted by molar-refractivity contribution is 7.81. The quantitative estimate of drug-likeness (QED) is 0.115. The third-order valence-electron chi connectivity index (χ3n) is 7.04. The third kappa shape index (κ3) is 6.50. The molecule has 6 nitrogen and oxygen atoms in total. The van der Waals surface area contributed by atoms with Crippen LogP contribution in [0.5, 0.6) is 11.5 Å². The van der Waals surface area contributed by atoms with Crippen LogP contribution in [-0.2, 0) is 16.2 Å². The lowest BCUT2D eigenvalue weighted by Gasteiger charge is -2.37. The predicted molar refractivity (Wildman–Crippen MR) is 181 cm³/mol. The Labute approximate surface area is 272 Å². The number of rotatable bonds is 7. The zero-order valence-electron chi connectivity index (χ0n) is 24.9. The van der Waals surface area contributed by atoms with Gasteiger partial charge >= 0.3 is 0 Å². The van der Waals surface area contributed by atoms with Crippen LogP contribution in [0.2, 0.25) is 10.0 Å². The molecular formula is C35H30Cl2N2O4S. The van der Waals surface area contributed by atoms with Crippen molar-refractivity contribution in [1.29, 1.82) is 0 Å². The number of nitrogens with zero attached hydrogens (tertiary/aromatic N) is 2. The average Bonchev–Trinajstić information content (AvgIpc) is 2.94. The number of carbonyl (C=O) groups excluding carboxylic acids is 2. The first-order valence-electron chi connectivity index (χ1n) is 13.8. The van der Waals surface area contributed by atoms with E-state index in [-0.39, 0.29) is 22.3 Å². The first kappa shape index (κ1) is 31.3. The van der Waals surface area contributed by atoms with Crippen LogP contribution in [0.4, 0.5) is 11.4 Å². The number of ether oxygens (including phenoxy) is 2. The van der Waals surface area contributed by atoms with Crippen molar-refractivity contribution in [3.05, 3.63) is 122 Å². The molecule has 0 saturated carbocycles. The van der Waals surface area contributed by atoms with Crippen molar-refractivity contribution >= 4 is 69.8 Å². The van der Waals surface area contributed by atoms with Gasteiger partial charge in [0, 0.05) is 5.02 Å². The molecule has 1 aliphatic heterocycles. The first-order chi connectivity index (χ1) is 20.9. The van der Waals surface area contributed by atoms with Crippen molar-refractivity contribution in [2.45, 2.75) is 34.3 Å². The van der Waals surface area contributed by atoms with E-state index >= 15 is 0 Å². The minimum absolute atomic E-state index is 0.0775. The first-order valence-corrected chi connectivity index (χ1v) is 15.0. The summed E-state index contributed by atoms with van der Waals surface area (Å²) in [5.41, 5.74) is 6.29. The number of anilines is 2. The number of benzene rings is 4. The van der Waals surface area contributed by atoms with Crippen LogP contribution in [-0.4, -0.2) is 24.0 Å². The van der Waals surface area contributed by atoms with Crippen molar-refractivity contribution in [3.63, 3.8) is 0 Å². The van der Waals surface area contributed by atoms with Crippen LogP contribution < -0.4 is 19.3 Å². The van der Waals surface area contributed by atoms with Gasteiger partial charge in [0.25, 0.3) is 11.8 Å². The molecule has 5 rings (SSSR count). The SMILES string of the molecule is COc1cc(C=C2C(=O)N(c3cc(C)cc(C)c3)C(=S)N(c3cc(C)cc(C)c3)C2=O)cc(Cl)c1OCc1ccc(Cl)cc1. The zero-order valence-corrected chi connectivity index (χ0v) is 27.2. The molecule has 1 aliphatic rings. The Morgan fingerprint density at radius 3 is 1.73 bits per heavy atom. The summed E-state index contributed by atoms with van der Waals surface area (Å²) in [6.45, 7) is 8.02. The van der Waals surface area contributed by atoms with Gasteiger partial charge in [-0.05, 0) is 128 Å². The summed E-state index contributed by atoms with van der Waals surface area (Å²) in [5, 5.41) is 0.962. The van der Waals surface area contributed by atoms with Crippen molar-refractivity contribution in [2.24, 2.45) is 0 Å². The molecule has 0 spiro atoms. The molecule has 0 aliphatic carbocycles. The monoisotopic (exact) mass is 644 g/mol. The molecule has 0 N–H and O–H groups in total. The topological polar surface area (TPSA) is 59.1 Å². The molecule has 1 fully saturated rings. The van der Waals surface area contributed by atoms with E-state index in [1.165, 1.54) is 23.0 Å². The van der Waals surface area contributed by atoms with Gasteiger partial charge in [-0.1, -0.05) is 47.5 Å². The highest BCUT2D eigenvalue weighted by atomic mass is 35.5. The summed E-state index contributed by atoms with van der Waals surface area (Å²) >= 11 is 18.5. The van der Waals surface area contributed by atoms with Gasteiger partial charge in [-0.15, -0.1) is 0 Å². The van der Waals surface area contributed by atoms with Gasteiger partial charge in [-0.2, -0.15) is 0 Å². The van der Waals surface area contributed by atoms with Gasteiger partial charge in [0.15, 0.2) is 16.6 Å². The number of hydrogen-bond acceptors (Lipinski definition) is 5. The Bertz CT molecular complexity index is 1720. The number of methoxy groups -OCH3 is 1. The van der Waals surface area contributed by atoms with E-state index in [1.807, 2.05) is 76.2 Å². The molecule has 1 heterocycles. The van der Waals surface area contributed by atoms with Gasteiger partial charge in [-0.3, -0.25) is 19.4 Å². The Balaban J connectivity index is 1.59. The predicted octanol–water partition coefficient (Wildman–Crippen LogP) is 8.56. The molecule has 0 unspecified atom stereocenters. The lowest BCUT2D eigenvalue weighted by Crippen LogP contribution is -2.57. The van der Waals surface area contributed by atoms with Crippen LogP contribution in [0.1, 0.15) is 33.4 Å². The van der Waals surface area contributed by atoms with E-state index in [0.29, 0.717) is 33.5 Å². The number of amides is 2. The Morgan fingerprint density at radius 1 is 0.750 bits per heavy atom. The van der Waals surface area contributed by atoms with Gasteiger partial charge in [0.1, 0.15) is 12.2 Å². The van der Waals surface area contributed by atoms with Crippen LogP contribution in [0.25, 0.3) is 6.08 Å². The Hall–Kier alpha value is -4.17. The molecule has 224 valence electrons. The van der Waals surface area contributed by atoms with E-state index in [0.717, 1.165) is 27.8 Å². The molecule has 1 saturated heterocycles. The fourth-order valence-electron chi connectivity index (χ4n) is 5.21. The number of halogens is 2. The number of hydrogen-bond donors (Lipinski definition) is 0. The van der Waals surface area contributed by atoms with Crippen LogP contribution in [0, 0.1) is 27.7 Å². The molecule has 9 heteroatoms. The molecule has 4 aromatic carbocycles. The molecule has 0 atom stereocenters. The summed E-state index contributed by atoms with van der Waals surface area (Å²) in [6, 6.07) is 22.1. The smallest absolute Gasteiger partial charge is 0.270 e. The molecular weight excluding hydrogens is 615 g/mol. The number of aryl methyl sites for hydroxylation is 4. The maximum Gasteiger partial charge on any atom is 0.270 e. The van der Waals surface area contributed by atoms with Gasteiger partial charge in [0.2, 0.25) is 0 Å². The van der Waals surface area contributed by atoms with Gasteiger partial charge in [0.05, 0.1) is 23.5 Å². The van der Waals surface area contributed by atoms with E-state index < -0.39 is 11.8 Å². The molecule has 0 aromatic heterocycles. The van der Waals surface area contributed by atoms with Gasteiger partial charge in [-0.25, -0.2) is 0 Å². The van der Waals surface area contributed by atoms with Crippen LogP contribution in [0.3, 0.4) is 0 Å². The normalized spacial score (nSPS) is 13.4. The minimum atomic E-state index is -0.538. The van der Waals surface area contributed by atoms with E-state index in [9.17, 15) is 9.59 Å². The highest BCUT2D eigenvalue weighted by Gasteiger charge is 2.41. The maximum atomic E-state index is 14.1. The summed E-state index contributed by atoms with van der Waals surface area (Å²) in [5.74, 6) is -0.392. The average molecular weight is 646 g/mol. The Kier molecular flexibility index (Phi) is 9.11. The summed E-state index contributed by atoms with van der Waals surface area (Å²) in [4.78, 5) is 31.0. The molecule has 44 heavy (non-hydrogen) atoms. The molecule has 4 aromatic rings. The van der Waals surface area contributed by atoms with Crippen molar-refractivity contribution in [2.75, 3.05) is 16.9 Å². The third-order valence-corrected chi connectivity index (χ3v) is 7.94. The fraction of sp³-hybridized carbons (Fsp3) is 0.171. The lowest BCUT2D eigenvalue weighted by molar-refractivity contribution is -0.120. The Morgan fingerprint density at radius 2 is 1.25 bits per heavy atom. The van der Waals surface area contributed by atoms with Crippen LogP contribution in [0.15, 0.2) is 78.4 Å². The summed E-state index contributed by atoms with van der Waals surface area (Å²) < 4.78 is 11.6. The second kappa shape index (κ2) is 12.8. The largest absolute Gasteiger partial charge is 0.493 e. The fourth-order valence-corrected chi connectivity index (χ4v) is 5.99. The van der Waals surface area contributed by atoms with Crippen LogP contribution >= 0.6 is 35.4 Å². The molecule has 2 amide bonds.